The summed E-state index contributed by atoms with van der Waals surface area (Å²) in [6, 6.07) is 4.06. The van der Waals surface area contributed by atoms with Crippen molar-refractivity contribution in [1.82, 2.24) is 0 Å². The Morgan fingerprint density at radius 1 is 1.35 bits per heavy atom. The normalized spacial score (nSPS) is 11.8. The van der Waals surface area contributed by atoms with Crippen LogP contribution in [0.5, 0.6) is 0 Å². The molecular formula is C14H20FN3O2. The Balaban J connectivity index is 2.61. The third-order valence-corrected chi connectivity index (χ3v) is 2.62. The summed E-state index contributed by atoms with van der Waals surface area (Å²) in [5.74, 6) is -1.07. The number of hydrogen-bond acceptors (Lipinski definition) is 3. The molecule has 0 fully saturated rings. The zero-order valence-corrected chi connectivity index (χ0v) is 11.7. The van der Waals surface area contributed by atoms with Crippen molar-refractivity contribution in [1.29, 1.82) is 0 Å². The molecule has 0 saturated heterocycles. The third-order valence-electron chi connectivity index (χ3n) is 2.62. The lowest BCUT2D eigenvalue weighted by Crippen LogP contribution is -2.17. The van der Waals surface area contributed by atoms with Crippen molar-refractivity contribution in [3.05, 3.63) is 24.0 Å². The summed E-state index contributed by atoms with van der Waals surface area (Å²) in [6.45, 7) is 3.23. The fourth-order valence-electron chi connectivity index (χ4n) is 1.70. The maximum absolute atomic E-state index is 13.6. The van der Waals surface area contributed by atoms with Gasteiger partial charge in [0.15, 0.2) is 0 Å². The number of carbonyl (C=O) groups excluding carboxylic acids is 2. The average Bonchev–Trinajstić information content (AvgIpc) is 2.32. The second-order valence-corrected chi connectivity index (χ2v) is 4.79. The summed E-state index contributed by atoms with van der Waals surface area (Å²) in [7, 11) is 0. The van der Waals surface area contributed by atoms with Crippen molar-refractivity contribution in [3.8, 4) is 0 Å². The summed E-state index contributed by atoms with van der Waals surface area (Å²) in [4.78, 5) is 22.6. The second-order valence-electron chi connectivity index (χ2n) is 4.79. The minimum atomic E-state index is -0.542. The SMILES string of the molecule is CC(=O)Nc1ccc(F)c(NC(=O)CCCC(C)N)c1. The van der Waals surface area contributed by atoms with E-state index in [0.29, 0.717) is 12.1 Å². The first-order chi connectivity index (χ1) is 9.38. The van der Waals surface area contributed by atoms with Gasteiger partial charge >= 0.3 is 0 Å². The largest absolute Gasteiger partial charge is 0.328 e. The van der Waals surface area contributed by atoms with Crippen molar-refractivity contribution < 1.29 is 14.0 Å². The van der Waals surface area contributed by atoms with Gasteiger partial charge in [-0.05, 0) is 38.0 Å². The van der Waals surface area contributed by atoms with Crippen molar-refractivity contribution in [2.24, 2.45) is 5.73 Å². The molecule has 0 aliphatic carbocycles. The zero-order chi connectivity index (χ0) is 15.1. The Kier molecular flexibility index (Phi) is 6.11. The van der Waals surface area contributed by atoms with Gasteiger partial charge in [-0.1, -0.05) is 0 Å². The highest BCUT2D eigenvalue weighted by molar-refractivity contribution is 5.93. The molecule has 110 valence electrons. The van der Waals surface area contributed by atoms with E-state index in [1.807, 2.05) is 6.92 Å². The molecule has 0 radical (unpaired) electrons. The minimum Gasteiger partial charge on any atom is -0.328 e. The van der Waals surface area contributed by atoms with Crippen LogP contribution in [0.1, 0.15) is 33.1 Å². The molecule has 0 heterocycles. The predicted molar refractivity (Wildman–Crippen MR) is 76.8 cm³/mol. The van der Waals surface area contributed by atoms with E-state index in [9.17, 15) is 14.0 Å². The van der Waals surface area contributed by atoms with Crippen LogP contribution in [0.3, 0.4) is 0 Å². The molecule has 4 N–H and O–H groups in total. The van der Waals surface area contributed by atoms with Crippen molar-refractivity contribution >= 4 is 23.2 Å². The molecule has 1 aromatic rings. The number of anilines is 2. The average molecular weight is 281 g/mol. The number of rotatable bonds is 6. The van der Waals surface area contributed by atoms with Crippen LogP contribution < -0.4 is 16.4 Å². The van der Waals surface area contributed by atoms with Gasteiger partial charge < -0.3 is 16.4 Å². The molecule has 0 aliphatic heterocycles. The van der Waals surface area contributed by atoms with Gasteiger partial charge in [0.2, 0.25) is 11.8 Å². The molecule has 0 aromatic heterocycles. The Morgan fingerprint density at radius 3 is 2.65 bits per heavy atom. The standard InChI is InChI=1S/C14H20FN3O2/c1-9(16)4-3-5-14(20)18-13-8-11(17-10(2)19)6-7-12(13)15/h6-9H,3-5,16H2,1-2H3,(H,17,19)(H,18,20). The monoisotopic (exact) mass is 281 g/mol. The Labute approximate surface area is 117 Å². The van der Waals surface area contributed by atoms with E-state index < -0.39 is 5.82 Å². The quantitative estimate of drug-likeness (QED) is 0.747. The van der Waals surface area contributed by atoms with Crippen LogP contribution in [0.2, 0.25) is 0 Å². The van der Waals surface area contributed by atoms with Gasteiger partial charge in [-0.15, -0.1) is 0 Å². The molecule has 1 unspecified atom stereocenters. The molecule has 1 rings (SSSR count). The van der Waals surface area contributed by atoms with Gasteiger partial charge in [-0.2, -0.15) is 0 Å². The van der Waals surface area contributed by atoms with Crippen LogP contribution in [0, 0.1) is 5.82 Å². The lowest BCUT2D eigenvalue weighted by Gasteiger charge is -2.09. The highest BCUT2D eigenvalue weighted by atomic mass is 19.1. The van der Waals surface area contributed by atoms with E-state index in [0.717, 1.165) is 6.42 Å². The number of nitrogens with one attached hydrogen (secondary N) is 2. The number of benzene rings is 1. The predicted octanol–water partition coefficient (Wildman–Crippen LogP) is 2.24. The van der Waals surface area contributed by atoms with Crippen LogP contribution in [0.25, 0.3) is 0 Å². The topological polar surface area (TPSA) is 84.2 Å². The van der Waals surface area contributed by atoms with Gasteiger partial charge in [0.05, 0.1) is 5.69 Å². The van der Waals surface area contributed by atoms with Crippen LogP contribution >= 0.6 is 0 Å². The molecule has 1 aromatic carbocycles. The molecule has 0 saturated carbocycles. The van der Waals surface area contributed by atoms with Crippen LogP contribution in [-0.2, 0) is 9.59 Å². The lowest BCUT2D eigenvalue weighted by molar-refractivity contribution is -0.116. The summed E-state index contributed by atoms with van der Waals surface area (Å²) >= 11 is 0. The minimum absolute atomic E-state index is 0.0441. The number of halogens is 1. The first kappa shape index (κ1) is 16.1. The zero-order valence-electron chi connectivity index (χ0n) is 11.7. The first-order valence-electron chi connectivity index (χ1n) is 6.51. The van der Waals surface area contributed by atoms with Gasteiger partial charge in [-0.3, -0.25) is 9.59 Å². The van der Waals surface area contributed by atoms with Gasteiger partial charge in [-0.25, -0.2) is 4.39 Å². The van der Waals surface area contributed by atoms with E-state index in [4.69, 9.17) is 5.73 Å². The molecule has 0 spiro atoms. The van der Waals surface area contributed by atoms with Crippen LogP contribution in [-0.4, -0.2) is 17.9 Å². The summed E-state index contributed by atoms with van der Waals surface area (Å²) in [5.41, 5.74) is 6.08. The maximum atomic E-state index is 13.6. The van der Waals surface area contributed by atoms with Crippen molar-refractivity contribution in [3.63, 3.8) is 0 Å². The molecule has 1 atom stereocenters. The highest BCUT2D eigenvalue weighted by Gasteiger charge is 2.09. The molecule has 2 amide bonds. The molecule has 6 heteroatoms. The molecule has 20 heavy (non-hydrogen) atoms. The molecule has 0 bridgehead atoms. The Morgan fingerprint density at radius 2 is 2.05 bits per heavy atom. The van der Waals surface area contributed by atoms with E-state index in [1.54, 1.807) is 0 Å². The van der Waals surface area contributed by atoms with E-state index in [-0.39, 0.29) is 30.0 Å². The number of nitrogens with two attached hydrogens (primary N) is 1. The summed E-state index contributed by atoms with van der Waals surface area (Å²) in [6.07, 6.45) is 1.67. The van der Waals surface area contributed by atoms with E-state index in [1.165, 1.54) is 25.1 Å². The van der Waals surface area contributed by atoms with Gasteiger partial charge in [0, 0.05) is 25.1 Å². The number of amides is 2. The van der Waals surface area contributed by atoms with Gasteiger partial charge in [0.1, 0.15) is 5.82 Å². The fraction of sp³-hybridized carbons (Fsp3) is 0.429. The maximum Gasteiger partial charge on any atom is 0.224 e. The molecule has 0 aliphatic rings. The van der Waals surface area contributed by atoms with Crippen LogP contribution in [0.15, 0.2) is 18.2 Å². The third kappa shape index (κ3) is 5.79. The smallest absolute Gasteiger partial charge is 0.224 e. The summed E-state index contributed by atoms with van der Waals surface area (Å²) in [5, 5.41) is 5.02. The fourth-order valence-corrected chi connectivity index (χ4v) is 1.70. The number of hydrogen-bond donors (Lipinski definition) is 3. The van der Waals surface area contributed by atoms with Crippen molar-refractivity contribution in [2.45, 2.75) is 39.2 Å². The van der Waals surface area contributed by atoms with E-state index >= 15 is 0 Å². The Hall–Kier alpha value is -1.95. The van der Waals surface area contributed by atoms with Crippen LogP contribution in [0.4, 0.5) is 15.8 Å². The lowest BCUT2D eigenvalue weighted by atomic mass is 10.1. The van der Waals surface area contributed by atoms with E-state index in [2.05, 4.69) is 10.6 Å². The first-order valence-corrected chi connectivity index (χ1v) is 6.51. The second kappa shape index (κ2) is 7.59. The molecular weight excluding hydrogens is 261 g/mol. The summed E-state index contributed by atoms with van der Waals surface area (Å²) < 4.78 is 13.6. The van der Waals surface area contributed by atoms with Crippen molar-refractivity contribution in [2.75, 3.05) is 10.6 Å². The highest BCUT2D eigenvalue weighted by Crippen LogP contribution is 2.20. The Bertz CT molecular complexity index is 489. The van der Waals surface area contributed by atoms with Gasteiger partial charge in [0.25, 0.3) is 0 Å². The molecule has 5 nitrogen and oxygen atoms in total. The number of carbonyl (C=O) groups is 2.